The van der Waals surface area contributed by atoms with Gasteiger partial charge < -0.3 is 5.32 Å². The van der Waals surface area contributed by atoms with Gasteiger partial charge in [0, 0.05) is 11.6 Å². The number of carbonyl (C=O) groups excluding carboxylic acids is 3. The highest BCUT2D eigenvalue weighted by molar-refractivity contribution is 7.92. The fourth-order valence-electron chi connectivity index (χ4n) is 4.63. The van der Waals surface area contributed by atoms with Crippen LogP contribution in [0.1, 0.15) is 54.9 Å². The molecule has 2 fully saturated rings. The molecule has 2 aliphatic heterocycles. The van der Waals surface area contributed by atoms with Crippen LogP contribution in [0.15, 0.2) is 18.2 Å². The number of amides is 4. The third-order valence-electron chi connectivity index (χ3n) is 5.93. The van der Waals surface area contributed by atoms with Crippen molar-refractivity contribution in [2.24, 2.45) is 0 Å². The summed E-state index contributed by atoms with van der Waals surface area (Å²) in [7, 11) is -3.42. The Morgan fingerprint density at radius 2 is 1.90 bits per heavy atom. The number of hydrogen-bond donors (Lipinski definition) is 2. The molecule has 0 aromatic heterocycles. The number of nitrogens with zero attached hydrogens (tertiary/aromatic N) is 2. The molecule has 10 heteroatoms. The summed E-state index contributed by atoms with van der Waals surface area (Å²) >= 11 is 0. The van der Waals surface area contributed by atoms with Gasteiger partial charge in [-0.3, -0.25) is 19.3 Å². The van der Waals surface area contributed by atoms with Crippen LogP contribution < -0.4 is 15.0 Å². The first-order valence-electron chi connectivity index (χ1n) is 9.72. The van der Waals surface area contributed by atoms with Gasteiger partial charge in [-0.2, -0.15) is 5.01 Å². The van der Waals surface area contributed by atoms with Gasteiger partial charge in [-0.1, -0.05) is 19.3 Å². The summed E-state index contributed by atoms with van der Waals surface area (Å²) < 4.78 is 25.4. The second kappa shape index (κ2) is 6.72. The van der Waals surface area contributed by atoms with Crippen LogP contribution >= 0.6 is 0 Å². The van der Waals surface area contributed by atoms with Gasteiger partial charge in [0.15, 0.2) is 0 Å². The fraction of sp³-hybridized carbons (Fsp3) is 0.526. The minimum Gasteiger partial charge on any atom is -0.322 e. The SMILES string of the molecule is CC1Cc2cc(C(=O)NN3C(=O)NC4(CCCCC4)C3=O)ccc2N1S(C)(=O)=O. The summed E-state index contributed by atoms with van der Waals surface area (Å²) in [6, 6.07) is 3.84. The van der Waals surface area contributed by atoms with Crippen molar-refractivity contribution in [3.8, 4) is 0 Å². The second-order valence-corrected chi connectivity index (χ2v) is 9.97. The Bertz CT molecular complexity index is 1000. The molecule has 1 aliphatic carbocycles. The lowest BCUT2D eigenvalue weighted by Gasteiger charge is -2.30. The number of sulfonamides is 1. The van der Waals surface area contributed by atoms with E-state index < -0.39 is 33.4 Å². The summed E-state index contributed by atoms with van der Waals surface area (Å²) in [6.07, 6.45) is 5.51. The maximum Gasteiger partial charge on any atom is 0.344 e. The standard InChI is InChI=1S/C19H24N4O5S/c1-12-10-14-11-13(6-7-15(14)23(12)29(2,27)28)16(24)21-22-17(25)19(20-18(22)26)8-4-3-5-9-19/h6-7,11-12H,3-5,8-10H2,1-2H3,(H,20,26)(H,21,24). The van der Waals surface area contributed by atoms with Gasteiger partial charge in [-0.15, -0.1) is 0 Å². The average molecular weight is 420 g/mol. The van der Waals surface area contributed by atoms with E-state index in [1.165, 1.54) is 10.4 Å². The summed E-state index contributed by atoms with van der Waals surface area (Å²) in [5.41, 5.74) is 3.04. The summed E-state index contributed by atoms with van der Waals surface area (Å²) in [5.74, 6) is -1.01. The Morgan fingerprint density at radius 3 is 2.55 bits per heavy atom. The zero-order chi connectivity index (χ0) is 21.0. The van der Waals surface area contributed by atoms with Crippen molar-refractivity contribution < 1.29 is 22.8 Å². The lowest BCUT2D eigenvalue weighted by Crippen LogP contribution is -2.50. The molecule has 1 unspecified atom stereocenters. The molecule has 0 radical (unpaired) electrons. The Kier molecular flexibility index (Phi) is 4.56. The van der Waals surface area contributed by atoms with Crippen molar-refractivity contribution in [2.45, 2.75) is 57.0 Å². The number of urea groups is 1. The van der Waals surface area contributed by atoms with Crippen molar-refractivity contribution in [2.75, 3.05) is 10.6 Å². The van der Waals surface area contributed by atoms with Crippen molar-refractivity contribution in [3.05, 3.63) is 29.3 Å². The van der Waals surface area contributed by atoms with Gasteiger partial charge in [-0.05, 0) is 49.9 Å². The molecule has 2 heterocycles. The average Bonchev–Trinajstić information content (AvgIpc) is 3.10. The first-order valence-corrected chi connectivity index (χ1v) is 11.6. The zero-order valence-corrected chi connectivity index (χ0v) is 17.2. The lowest BCUT2D eigenvalue weighted by atomic mass is 9.82. The van der Waals surface area contributed by atoms with E-state index in [9.17, 15) is 22.8 Å². The number of fused-ring (bicyclic) bond motifs is 1. The van der Waals surface area contributed by atoms with Crippen molar-refractivity contribution >= 4 is 33.6 Å². The predicted molar refractivity (Wildman–Crippen MR) is 106 cm³/mol. The summed E-state index contributed by atoms with van der Waals surface area (Å²) in [6.45, 7) is 1.80. The largest absolute Gasteiger partial charge is 0.344 e. The van der Waals surface area contributed by atoms with E-state index in [4.69, 9.17) is 0 Å². The first kappa shape index (κ1) is 19.7. The van der Waals surface area contributed by atoms with E-state index in [-0.39, 0.29) is 11.6 Å². The third kappa shape index (κ3) is 3.25. The smallest absolute Gasteiger partial charge is 0.322 e. The second-order valence-electron chi connectivity index (χ2n) is 8.11. The summed E-state index contributed by atoms with van der Waals surface area (Å²) in [4.78, 5) is 37.8. The van der Waals surface area contributed by atoms with E-state index in [1.54, 1.807) is 19.1 Å². The molecule has 29 heavy (non-hydrogen) atoms. The highest BCUT2D eigenvalue weighted by Gasteiger charge is 2.52. The number of hydrogen-bond acceptors (Lipinski definition) is 5. The van der Waals surface area contributed by atoms with E-state index in [1.807, 2.05) is 0 Å². The van der Waals surface area contributed by atoms with Crippen LogP contribution in [0.25, 0.3) is 0 Å². The Labute approximate surface area is 169 Å². The Morgan fingerprint density at radius 1 is 1.21 bits per heavy atom. The molecular formula is C19H24N4O5S. The molecule has 1 spiro atoms. The molecule has 4 amide bonds. The Balaban J connectivity index is 1.54. The van der Waals surface area contributed by atoms with E-state index in [2.05, 4.69) is 10.7 Å². The number of hydrazine groups is 1. The van der Waals surface area contributed by atoms with Gasteiger partial charge in [0.05, 0.1) is 11.9 Å². The van der Waals surface area contributed by atoms with Gasteiger partial charge >= 0.3 is 6.03 Å². The molecule has 1 atom stereocenters. The van der Waals surface area contributed by atoms with Crippen LogP contribution in [-0.4, -0.2) is 49.1 Å². The molecule has 156 valence electrons. The molecule has 0 bridgehead atoms. The predicted octanol–water partition coefficient (Wildman–Crippen LogP) is 1.30. The molecule has 1 saturated heterocycles. The van der Waals surface area contributed by atoms with Gasteiger partial charge in [0.2, 0.25) is 10.0 Å². The minimum absolute atomic E-state index is 0.240. The molecule has 2 N–H and O–H groups in total. The molecule has 3 aliphatic rings. The number of imide groups is 1. The summed E-state index contributed by atoms with van der Waals surface area (Å²) in [5, 5.41) is 3.52. The number of carbonyl (C=O) groups is 3. The molecular weight excluding hydrogens is 396 g/mol. The van der Waals surface area contributed by atoms with Crippen LogP contribution in [0.3, 0.4) is 0 Å². The van der Waals surface area contributed by atoms with Crippen molar-refractivity contribution in [3.63, 3.8) is 0 Å². The van der Waals surface area contributed by atoms with Crippen LogP contribution in [0, 0.1) is 0 Å². The topological polar surface area (TPSA) is 116 Å². The van der Waals surface area contributed by atoms with Gasteiger partial charge in [0.25, 0.3) is 11.8 Å². The van der Waals surface area contributed by atoms with Crippen molar-refractivity contribution in [1.29, 1.82) is 0 Å². The minimum atomic E-state index is -3.42. The first-order chi connectivity index (χ1) is 13.6. The van der Waals surface area contributed by atoms with E-state index in [0.717, 1.165) is 36.1 Å². The molecule has 9 nitrogen and oxygen atoms in total. The molecule has 1 aromatic rings. The highest BCUT2D eigenvalue weighted by atomic mass is 32.2. The number of anilines is 1. The maximum atomic E-state index is 12.8. The lowest BCUT2D eigenvalue weighted by molar-refractivity contribution is -0.134. The zero-order valence-electron chi connectivity index (χ0n) is 16.4. The number of rotatable bonds is 3. The van der Waals surface area contributed by atoms with Gasteiger partial charge in [-0.25, -0.2) is 13.2 Å². The van der Waals surface area contributed by atoms with E-state index >= 15 is 0 Å². The van der Waals surface area contributed by atoms with Crippen LogP contribution in [0.4, 0.5) is 10.5 Å². The maximum absolute atomic E-state index is 12.8. The van der Waals surface area contributed by atoms with Crippen LogP contribution in [-0.2, 0) is 21.2 Å². The monoisotopic (exact) mass is 420 g/mol. The third-order valence-corrected chi connectivity index (χ3v) is 7.21. The highest BCUT2D eigenvalue weighted by Crippen LogP contribution is 2.35. The van der Waals surface area contributed by atoms with Gasteiger partial charge in [0.1, 0.15) is 5.54 Å². The quantitative estimate of drug-likeness (QED) is 0.715. The molecule has 1 saturated carbocycles. The number of benzene rings is 1. The van der Waals surface area contributed by atoms with Crippen LogP contribution in [0.5, 0.6) is 0 Å². The fourth-order valence-corrected chi connectivity index (χ4v) is 5.90. The molecule has 4 rings (SSSR count). The number of nitrogens with one attached hydrogen (secondary N) is 2. The van der Waals surface area contributed by atoms with Crippen molar-refractivity contribution in [1.82, 2.24) is 15.8 Å². The van der Waals surface area contributed by atoms with E-state index in [0.29, 0.717) is 24.9 Å². The Hall–Kier alpha value is -2.62. The molecule has 1 aromatic carbocycles. The van der Waals surface area contributed by atoms with Crippen LogP contribution in [0.2, 0.25) is 0 Å². The normalized spacial score (nSPS) is 23.3.